The number of anilines is 1. The van der Waals surface area contributed by atoms with Crippen LogP contribution in [0.3, 0.4) is 0 Å². The first-order valence-corrected chi connectivity index (χ1v) is 9.38. The largest absolute Gasteiger partial charge is 0.311 e. The van der Waals surface area contributed by atoms with Gasteiger partial charge in [0.25, 0.3) is 5.69 Å². The van der Waals surface area contributed by atoms with E-state index in [1.807, 2.05) is 11.4 Å². The number of thioether (sulfide) groups is 1. The number of carbonyl (C=O) groups excluding carboxylic acids is 1. The lowest BCUT2D eigenvalue weighted by Gasteiger charge is -2.16. The van der Waals surface area contributed by atoms with Crippen molar-refractivity contribution in [1.82, 2.24) is 9.97 Å². The minimum absolute atomic E-state index is 0.0269. The molecule has 25 heavy (non-hydrogen) atoms. The van der Waals surface area contributed by atoms with Crippen LogP contribution in [-0.2, 0) is 11.2 Å². The number of nitrogens with zero attached hydrogens (tertiary/aromatic N) is 4. The van der Waals surface area contributed by atoms with Crippen molar-refractivity contribution in [3.63, 3.8) is 0 Å². The minimum Gasteiger partial charge on any atom is -0.311 e. The number of rotatable bonds is 4. The zero-order valence-corrected chi connectivity index (χ0v) is 14.5. The van der Waals surface area contributed by atoms with Crippen molar-refractivity contribution < 1.29 is 9.72 Å². The second-order valence-corrected chi connectivity index (χ2v) is 7.35. The fourth-order valence-corrected chi connectivity index (χ4v) is 4.66. The molecule has 0 bridgehead atoms. The summed E-state index contributed by atoms with van der Waals surface area (Å²) < 4.78 is 0.984. The third-order valence-corrected chi connectivity index (χ3v) is 6.03. The van der Waals surface area contributed by atoms with Crippen LogP contribution in [-0.4, -0.2) is 33.1 Å². The molecule has 3 aromatic rings. The average molecular weight is 372 g/mol. The van der Waals surface area contributed by atoms with Gasteiger partial charge in [0.15, 0.2) is 0 Å². The van der Waals surface area contributed by atoms with Crippen molar-refractivity contribution in [2.75, 3.05) is 17.2 Å². The Bertz CT molecular complexity index is 988. The maximum Gasteiger partial charge on any atom is 0.269 e. The first-order valence-electron chi connectivity index (χ1n) is 7.52. The van der Waals surface area contributed by atoms with Crippen LogP contribution in [0.2, 0.25) is 0 Å². The molecule has 0 radical (unpaired) electrons. The molecule has 0 fully saturated rings. The summed E-state index contributed by atoms with van der Waals surface area (Å²) in [6, 6.07) is 6.58. The molecule has 0 aliphatic carbocycles. The molecule has 1 amide bonds. The summed E-state index contributed by atoms with van der Waals surface area (Å²) >= 11 is 2.95. The molecule has 4 rings (SSSR count). The molecule has 3 heterocycles. The van der Waals surface area contributed by atoms with Gasteiger partial charge in [0.2, 0.25) is 5.91 Å². The van der Waals surface area contributed by atoms with Crippen LogP contribution in [0.5, 0.6) is 0 Å². The Balaban J connectivity index is 1.50. The van der Waals surface area contributed by atoms with Crippen LogP contribution < -0.4 is 4.90 Å². The van der Waals surface area contributed by atoms with Crippen molar-refractivity contribution in [2.24, 2.45) is 0 Å². The van der Waals surface area contributed by atoms with Crippen molar-refractivity contribution in [1.29, 1.82) is 0 Å². The number of fused-ring (bicyclic) bond motifs is 2. The van der Waals surface area contributed by atoms with Gasteiger partial charge in [-0.3, -0.25) is 14.9 Å². The fraction of sp³-hybridized carbons (Fsp3) is 0.188. The molecule has 126 valence electrons. The number of aromatic nitrogens is 2. The molecule has 7 nitrogen and oxygen atoms in total. The third-order valence-electron chi connectivity index (χ3n) is 4.01. The number of nitro benzene ring substituents is 1. The molecule has 9 heteroatoms. The Kier molecular flexibility index (Phi) is 4.10. The summed E-state index contributed by atoms with van der Waals surface area (Å²) in [5.41, 5.74) is 2.55. The maximum atomic E-state index is 12.6. The number of carbonyl (C=O) groups is 1. The smallest absolute Gasteiger partial charge is 0.269 e. The van der Waals surface area contributed by atoms with Gasteiger partial charge >= 0.3 is 0 Å². The molecule has 2 aromatic heterocycles. The molecule has 0 saturated heterocycles. The standard InChI is InChI=1S/C16H12N4O3S2/c21-14(8-25-16-15-12(4-6-24-15)17-9-18-16)19-5-3-10-7-11(20(22)23)1-2-13(10)19/h1-2,4,6-7,9H,3,5,8H2. The van der Waals surface area contributed by atoms with Crippen LogP contribution >= 0.6 is 23.1 Å². The lowest BCUT2D eigenvalue weighted by Crippen LogP contribution is -2.30. The number of benzene rings is 1. The highest BCUT2D eigenvalue weighted by atomic mass is 32.2. The Morgan fingerprint density at radius 1 is 1.36 bits per heavy atom. The van der Waals surface area contributed by atoms with E-state index in [2.05, 4.69) is 9.97 Å². The molecule has 1 aliphatic rings. The second-order valence-electron chi connectivity index (χ2n) is 5.47. The van der Waals surface area contributed by atoms with Gasteiger partial charge < -0.3 is 4.90 Å². The maximum absolute atomic E-state index is 12.6. The highest BCUT2D eigenvalue weighted by Crippen LogP contribution is 2.33. The highest BCUT2D eigenvalue weighted by molar-refractivity contribution is 8.00. The van der Waals surface area contributed by atoms with E-state index in [4.69, 9.17) is 0 Å². The summed E-state index contributed by atoms with van der Waals surface area (Å²) in [6.45, 7) is 0.550. The topological polar surface area (TPSA) is 89.2 Å². The number of thiophene rings is 1. The van der Waals surface area contributed by atoms with Gasteiger partial charge in [0, 0.05) is 24.4 Å². The normalized spacial score (nSPS) is 13.2. The molecule has 0 spiro atoms. The van der Waals surface area contributed by atoms with Crippen molar-refractivity contribution in [3.8, 4) is 0 Å². The highest BCUT2D eigenvalue weighted by Gasteiger charge is 2.26. The van der Waals surface area contributed by atoms with E-state index in [9.17, 15) is 14.9 Å². The second kappa shape index (κ2) is 6.41. The molecule has 1 aromatic carbocycles. The van der Waals surface area contributed by atoms with Gasteiger partial charge in [-0.15, -0.1) is 11.3 Å². The van der Waals surface area contributed by atoms with Crippen molar-refractivity contribution >= 4 is 50.6 Å². The third kappa shape index (κ3) is 2.96. The van der Waals surface area contributed by atoms with Gasteiger partial charge in [-0.2, -0.15) is 0 Å². The minimum atomic E-state index is -0.415. The van der Waals surface area contributed by atoms with Crippen LogP contribution in [0.4, 0.5) is 11.4 Å². The number of nitro groups is 1. The van der Waals surface area contributed by atoms with Gasteiger partial charge in [-0.05, 0) is 29.5 Å². The Morgan fingerprint density at radius 2 is 2.24 bits per heavy atom. The first kappa shape index (κ1) is 16.0. The van der Waals surface area contributed by atoms with Gasteiger partial charge in [-0.1, -0.05) is 11.8 Å². The summed E-state index contributed by atoms with van der Waals surface area (Å²) in [6.07, 6.45) is 2.14. The first-order chi connectivity index (χ1) is 12.1. The molecule has 0 saturated carbocycles. The summed E-state index contributed by atoms with van der Waals surface area (Å²) in [4.78, 5) is 33.2. The van der Waals surface area contributed by atoms with Crippen LogP contribution in [0.1, 0.15) is 5.56 Å². The van der Waals surface area contributed by atoms with E-state index in [0.717, 1.165) is 26.5 Å². The van der Waals surface area contributed by atoms with E-state index < -0.39 is 4.92 Å². The van der Waals surface area contributed by atoms with Gasteiger partial charge in [-0.25, -0.2) is 9.97 Å². The van der Waals surface area contributed by atoms with E-state index in [0.29, 0.717) is 13.0 Å². The quantitative estimate of drug-likeness (QED) is 0.302. The molecule has 0 atom stereocenters. The lowest BCUT2D eigenvalue weighted by molar-refractivity contribution is -0.384. The number of hydrogen-bond acceptors (Lipinski definition) is 7. The van der Waals surface area contributed by atoms with Crippen molar-refractivity contribution in [2.45, 2.75) is 11.4 Å². The van der Waals surface area contributed by atoms with E-state index in [-0.39, 0.29) is 17.3 Å². The monoisotopic (exact) mass is 372 g/mol. The van der Waals surface area contributed by atoms with E-state index >= 15 is 0 Å². The number of non-ortho nitro benzene ring substituents is 1. The Hall–Kier alpha value is -2.52. The summed E-state index contributed by atoms with van der Waals surface area (Å²) in [5, 5.41) is 13.6. The predicted molar refractivity (Wildman–Crippen MR) is 97.3 cm³/mol. The van der Waals surface area contributed by atoms with E-state index in [1.165, 1.54) is 24.2 Å². The molecule has 1 aliphatic heterocycles. The molecular formula is C16H12N4O3S2. The average Bonchev–Trinajstić information content (AvgIpc) is 3.25. The van der Waals surface area contributed by atoms with Gasteiger partial charge in [0.1, 0.15) is 11.4 Å². The van der Waals surface area contributed by atoms with Gasteiger partial charge in [0.05, 0.1) is 20.9 Å². The number of amides is 1. The van der Waals surface area contributed by atoms with E-state index in [1.54, 1.807) is 28.4 Å². The molecular weight excluding hydrogens is 360 g/mol. The Morgan fingerprint density at radius 3 is 3.08 bits per heavy atom. The zero-order chi connectivity index (χ0) is 17.4. The Labute approximate surface area is 150 Å². The predicted octanol–water partition coefficient (Wildman–Crippen LogP) is 3.28. The summed E-state index contributed by atoms with van der Waals surface area (Å²) in [5.74, 6) is 0.237. The van der Waals surface area contributed by atoms with Crippen molar-refractivity contribution in [3.05, 3.63) is 51.7 Å². The number of hydrogen-bond donors (Lipinski definition) is 0. The summed E-state index contributed by atoms with van der Waals surface area (Å²) in [7, 11) is 0. The lowest BCUT2D eigenvalue weighted by atomic mass is 10.1. The van der Waals surface area contributed by atoms with Crippen LogP contribution in [0, 0.1) is 10.1 Å². The zero-order valence-electron chi connectivity index (χ0n) is 12.9. The van der Waals surface area contributed by atoms with Crippen LogP contribution in [0.25, 0.3) is 10.2 Å². The fourth-order valence-electron chi connectivity index (χ4n) is 2.84. The van der Waals surface area contributed by atoms with Crippen LogP contribution in [0.15, 0.2) is 41.0 Å². The molecule has 0 unspecified atom stereocenters. The SMILES string of the molecule is O=C(CSc1ncnc2ccsc12)N1CCc2cc([N+](=O)[O-])ccc21. The molecule has 0 N–H and O–H groups in total.